The van der Waals surface area contributed by atoms with Crippen molar-refractivity contribution in [1.82, 2.24) is 20.9 Å². The number of hydrogen-bond donors (Lipinski definition) is 3. The van der Waals surface area contributed by atoms with Crippen molar-refractivity contribution in [2.75, 3.05) is 13.1 Å². The van der Waals surface area contributed by atoms with E-state index in [2.05, 4.69) is 20.9 Å². The Morgan fingerprint density at radius 2 is 2.28 bits per heavy atom. The molecule has 0 unspecified atom stereocenters. The van der Waals surface area contributed by atoms with Gasteiger partial charge in [0, 0.05) is 31.5 Å². The molecule has 98 valence electrons. The summed E-state index contributed by atoms with van der Waals surface area (Å²) in [5.74, 6) is 0. The number of rotatable bonds is 7. The second-order valence-corrected chi connectivity index (χ2v) is 4.57. The summed E-state index contributed by atoms with van der Waals surface area (Å²) in [6.07, 6.45) is 6.80. The number of carbonyl (C=O) groups excluding carboxylic acids is 1. The molecule has 5 nitrogen and oxygen atoms in total. The highest BCUT2D eigenvalue weighted by atomic mass is 16.2. The summed E-state index contributed by atoms with van der Waals surface area (Å²) in [6.45, 7) is 2.42. The Morgan fingerprint density at radius 3 is 3.00 bits per heavy atom. The molecule has 0 spiro atoms. The first-order valence-corrected chi connectivity index (χ1v) is 6.48. The number of urea groups is 1. The largest absolute Gasteiger partial charge is 0.338 e. The van der Waals surface area contributed by atoms with E-state index in [9.17, 15) is 4.79 Å². The summed E-state index contributed by atoms with van der Waals surface area (Å²) in [4.78, 5) is 15.3. The standard InChI is InChI=1S/C13H20N4O/c18-13(17-12-4-5-12)16-8-2-7-15-10-11-3-1-6-14-9-11/h1,3,6,9,12,15H,2,4-5,7-8,10H2,(H2,16,17,18). The zero-order chi connectivity index (χ0) is 12.6. The minimum atomic E-state index is -0.0373. The fourth-order valence-corrected chi connectivity index (χ4v) is 1.61. The molecule has 2 rings (SSSR count). The number of pyridine rings is 1. The van der Waals surface area contributed by atoms with Crippen LogP contribution >= 0.6 is 0 Å². The van der Waals surface area contributed by atoms with E-state index < -0.39 is 0 Å². The van der Waals surface area contributed by atoms with Gasteiger partial charge in [0.05, 0.1) is 0 Å². The minimum Gasteiger partial charge on any atom is -0.338 e. The van der Waals surface area contributed by atoms with Gasteiger partial charge in [-0.25, -0.2) is 4.79 Å². The van der Waals surface area contributed by atoms with Crippen LogP contribution in [0.1, 0.15) is 24.8 Å². The van der Waals surface area contributed by atoms with E-state index in [1.54, 1.807) is 6.20 Å². The van der Waals surface area contributed by atoms with Gasteiger partial charge in [-0.05, 0) is 37.4 Å². The smallest absolute Gasteiger partial charge is 0.315 e. The molecule has 1 aliphatic carbocycles. The monoisotopic (exact) mass is 248 g/mol. The van der Waals surface area contributed by atoms with Crippen molar-refractivity contribution in [3.8, 4) is 0 Å². The summed E-state index contributed by atoms with van der Waals surface area (Å²) >= 11 is 0. The SMILES string of the molecule is O=C(NCCCNCc1cccnc1)NC1CC1. The van der Waals surface area contributed by atoms with Crippen molar-refractivity contribution < 1.29 is 4.79 Å². The predicted molar refractivity (Wildman–Crippen MR) is 70.1 cm³/mol. The van der Waals surface area contributed by atoms with Crippen molar-refractivity contribution in [1.29, 1.82) is 0 Å². The summed E-state index contributed by atoms with van der Waals surface area (Å²) in [7, 11) is 0. The molecular weight excluding hydrogens is 228 g/mol. The average molecular weight is 248 g/mol. The minimum absolute atomic E-state index is 0.0373. The van der Waals surface area contributed by atoms with E-state index >= 15 is 0 Å². The van der Waals surface area contributed by atoms with Gasteiger partial charge < -0.3 is 16.0 Å². The summed E-state index contributed by atoms with van der Waals surface area (Å²) < 4.78 is 0. The average Bonchev–Trinajstić information content (AvgIpc) is 3.19. The molecule has 0 bridgehead atoms. The topological polar surface area (TPSA) is 66.0 Å². The van der Waals surface area contributed by atoms with Gasteiger partial charge in [0.2, 0.25) is 0 Å². The van der Waals surface area contributed by atoms with Crippen LogP contribution in [0.2, 0.25) is 0 Å². The van der Waals surface area contributed by atoms with E-state index in [1.165, 1.54) is 5.56 Å². The first-order valence-electron chi connectivity index (χ1n) is 6.48. The molecule has 2 amide bonds. The van der Waals surface area contributed by atoms with Crippen molar-refractivity contribution in [3.05, 3.63) is 30.1 Å². The van der Waals surface area contributed by atoms with Crippen LogP contribution in [-0.4, -0.2) is 30.1 Å². The number of carbonyl (C=O) groups is 1. The van der Waals surface area contributed by atoms with Gasteiger partial charge in [-0.15, -0.1) is 0 Å². The van der Waals surface area contributed by atoms with Gasteiger partial charge in [0.15, 0.2) is 0 Å². The van der Waals surface area contributed by atoms with Gasteiger partial charge in [-0.2, -0.15) is 0 Å². The highest BCUT2D eigenvalue weighted by Crippen LogP contribution is 2.18. The molecule has 5 heteroatoms. The van der Waals surface area contributed by atoms with Gasteiger partial charge >= 0.3 is 6.03 Å². The van der Waals surface area contributed by atoms with Crippen molar-refractivity contribution in [2.24, 2.45) is 0 Å². The normalized spacial score (nSPS) is 14.2. The Bertz CT molecular complexity index is 365. The van der Waals surface area contributed by atoms with Gasteiger partial charge in [0.1, 0.15) is 0 Å². The van der Waals surface area contributed by atoms with Crippen LogP contribution in [0, 0.1) is 0 Å². The molecule has 1 aromatic heterocycles. The molecule has 1 saturated carbocycles. The fourth-order valence-electron chi connectivity index (χ4n) is 1.61. The van der Waals surface area contributed by atoms with E-state index in [0.717, 1.165) is 32.4 Å². The number of amides is 2. The number of aromatic nitrogens is 1. The highest BCUT2D eigenvalue weighted by molar-refractivity contribution is 5.74. The van der Waals surface area contributed by atoms with Crippen molar-refractivity contribution in [2.45, 2.75) is 31.8 Å². The van der Waals surface area contributed by atoms with Crippen LogP contribution < -0.4 is 16.0 Å². The Balaban J connectivity index is 1.45. The lowest BCUT2D eigenvalue weighted by atomic mass is 10.3. The summed E-state index contributed by atoms with van der Waals surface area (Å²) in [5.41, 5.74) is 1.18. The quantitative estimate of drug-likeness (QED) is 0.631. The molecule has 1 heterocycles. The maximum absolute atomic E-state index is 11.3. The van der Waals surface area contributed by atoms with Crippen LogP contribution in [0.3, 0.4) is 0 Å². The Kier molecular flexibility index (Phi) is 4.96. The van der Waals surface area contributed by atoms with Gasteiger partial charge in [-0.1, -0.05) is 6.07 Å². The zero-order valence-corrected chi connectivity index (χ0v) is 10.5. The molecule has 0 aromatic carbocycles. The molecule has 1 aliphatic rings. The van der Waals surface area contributed by atoms with E-state index in [0.29, 0.717) is 12.6 Å². The third-order valence-electron chi connectivity index (χ3n) is 2.78. The van der Waals surface area contributed by atoms with Gasteiger partial charge in [0.25, 0.3) is 0 Å². The first kappa shape index (κ1) is 12.8. The molecule has 0 radical (unpaired) electrons. The Morgan fingerprint density at radius 1 is 1.39 bits per heavy atom. The van der Waals surface area contributed by atoms with Gasteiger partial charge in [-0.3, -0.25) is 4.98 Å². The summed E-state index contributed by atoms with van der Waals surface area (Å²) in [6, 6.07) is 4.36. The molecular formula is C13H20N4O. The molecule has 0 atom stereocenters. The van der Waals surface area contributed by atoms with Crippen LogP contribution in [0.15, 0.2) is 24.5 Å². The lowest BCUT2D eigenvalue weighted by Crippen LogP contribution is -2.37. The third-order valence-corrected chi connectivity index (χ3v) is 2.78. The second-order valence-electron chi connectivity index (χ2n) is 4.57. The molecule has 1 fully saturated rings. The van der Waals surface area contributed by atoms with E-state index in [-0.39, 0.29) is 6.03 Å². The zero-order valence-electron chi connectivity index (χ0n) is 10.5. The maximum atomic E-state index is 11.3. The molecule has 18 heavy (non-hydrogen) atoms. The molecule has 1 aromatic rings. The number of nitrogens with one attached hydrogen (secondary N) is 3. The Hall–Kier alpha value is -1.62. The van der Waals surface area contributed by atoms with Crippen LogP contribution in [0.25, 0.3) is 0 Å². The third kappa shape index (κ3) is 5.14. The van der Waals surface area contributed by atoms with Crippen LogP contribution in [0.4, 0.5) is 4.79 Å². The molecule has 0 saturated heterocycles. The predicted octanol–water partition coefficient (Wildman–Crippen LogP) is 1.02. The fraction of sp³-hybridized carbons (Fsp3) is 0.538. The molecule has 3 N–H and O–H groups in total. The second kappa shape index (κ2) is 6.96. The Labute approximate surface area is 107 Å². The lowest BCUT2D eigenvalue weighted by molar-refractivity contribution is 0.240. The van der Waals surface area contributed by atoms with Crippen molar-refractivity contribution in [3.63, 3.8) is 0 Å². The van der Waals surface area contributed by atoms with E-state index in [1.807, 2.05) is 18.3 Å². The first-order chi connectivity index (χ1) is 8.84. The van der Waals surface area contributed by atoms with Crippen molar-refractivity contribution >= 4 is 6.03 Å². The van der Waals surface area contributed by atoms with Crippen LogP contribution in [0.5, 0.6) is 0 Å². The number of nitrogens with zero attached hydrogens (tertiary/aromatic N) is 1. The van der Waals surface area contributed by atoms with Crippen LogP contribution in [-0.2, 0) is 6.54 Å². The highest BCUT2D eigenvalue weighted by Gasteiger charge is 2.22. The number of hydrogen-bond acceptors (Lipinski definition) is 3. The van der Waals surface area contributed by atoms with E-state index in [4.69, 9.17) is 0 Å². The molecule has 0 aliphatic heterocycles. The maximum Gasteiger partial charge on any atom is 0.315 e. The lowest BCUT2D eigenvalue weighted by Gasteiger charge is -2.07. The summed E-state index contributed by atoms with van der Waals surface area (Å²) in [5, 5.41) is 9.06.